The Bertz CT molecular complexity index is 1120. The fourth-order valence-electron chi connectivity index (χ4n) is 5.89. The summed E-state index contributed by atoms with van der Waals surface area (Å²) in [4.78, 5) is 41.5. The molecule has 0 spiro atoms. The van der Waals surface area contributed by atoms with Gasteiger partial charge in [-0.2, -0.15) is 0 Å². The number of carbonyl (C=O) groups excluding carboxylic acids is 3. The summed E-state index contributed by atoms with van der Waals surface area (Å²) in [6.07, 6.45) is 0. The van der Waals surface area contributed by atoms with Crippen molar-refractivity contribution in [3.05, 3.63) is 59.7 Å². The third kappa shape index (κ3) is 4.27. The Morgan fingerprint density at radius 2 is 1.66 bits per heavy atom. The van der Waals surface area contributed by atoms with Crippen molar-refractivity contribution in [2.75, 3.05) is 37.8 Å². The summed E-state index contributed by atoms with van der Waals surface area (Å²) >= 11 is 0. The van der Waals surface area contributed by atoms with E-state index in [1.54, 1.807) is 21.9 Å². The number of morpholine rings is 1. The molecule has 8 nitrogen and oxygen atoms in total. The van der Waals surface area contributed by atoms with Crippen LogP contribution in [0.1, 0.15) is 38.8 Å². The van der Waals surface area contributed by atoms with Crippen molar-refractivity contribution in [3.8, 4) is 5.75 Å². The van der Waals surface area contributed by atoms with Crippen LogP contribution in [0.15, 0.2) is 48.5 Å². The molecule has 35 heavy (non-hydrogen) atoms. The van der Waals surface area contributed by atoms with Gasteiger partial charge in [-0.3, -0.25) is 14.4 Å². The predicted octanol–water partition coefficient (Wildman–Crippen LogP) is 2.48. The molecule has 0 aliphatic carbocycles. The van der Waals surface area contributed by atoms with Gasteiger partial charge in [-0.25, -0.2) is 0 Å². The van der Waals surface area contributed by atoms with Crippen molar-refractivity contribution in [1.82, 2.24) is 4.90 Å². The van der Waals surface area contributed by atoms with Crippen molar-refractivity contribution in [1.29, 1.82) is 0 Å². The molecule has 3 amide bonds. The monoisotopic (exact) mass is 479 g/mol. The van der Waals surface area contributed by atoms with E-state index in [2.05, 4.69) is 0 Å². The maximum Gasteiger partial charge on any atom is 0.260 e. The Balaban J connectivity index is 1.67. The van der Waals surface area contributed by atoms with E-state index in [1.807, 2.05) is 57.2 Å². The van der Waals surface area contributed by atoms with E-state index in [0.717, 1.165) is 16.8 Å². The molecule has 2 heterocycles. The van der Waals surface area contributed by atoms with Crippen molar-refractivity contribution >= 4 is 23.4 Å². The number of primary amides is 1. The second-order valence-electron chi connectivity index (χ2n) is 9.87. The lowest BCUT2D eigenvalue weighted by atomic mass is 9.57. The van der Waals surface area contributed by atoms with Gasteiger partial charge in [-0.05, 0) is 43.2 Å². The van der Waals surface area contributed by atoms with Crippen LogP contribution >= 0.6 is 0 Å². The molecule has 4 rings (SSSR count). The summed E-state index contributed by atoms with van der Waals surface area (Å²) in [6.45, 7) is 9.43. The molecule has 1 saturated heterocycles. The molecule has 0 radical (unpaired) electrons. The van der Waals surface area contributed by atoms with E-state index in [-0.39, 0.29) is 18.4 Å². The average molecular weight is 480 g/mol. The van der Waals surface area contributed by atoms with Crippen molar-refractivity contribution in [2.24, 2.45) is 11.7 Å². The van der Waals surface area contributed by atoms with Gasteiger partial charge >= 0.3 is 0 Å². The molecular formula is C27H33N3O5. The molecule has 2 aliphatic heterocycles. The number of nitrogens with zero attached hydrogens (tertiary/aromatic N) is 2. The molecular weight excluding hydrogens is 446 g/mol. The van der Waals surface area contributed by atoms with E-state index >= 15 is 0 Å². The van der Waals surface area contributed by atoms with Gasteiger partial charge in [0, 0.05) is 31.1 Å². The Labute approximate surface area is 206 Å². The van der Waals surface area contributed by atoms with E-state index in [9.17, 15) is 14.4 Å². The molecule has 2 N–H and O–H groups in total. The maximum atomic E-state index is 12.9. The first kappa shape index (κ1) is 24.7. The Morgan fingerprint density at radius 3 is 2.26 bits per heavy atom. The molecule has 2 aromatic rings. The SMILES string of the molecule is CC(=O)N1c2ccccc2C(C)(c2ccc(OCC(=O)N3CCOCC3)cc2)C(C(N)=O)C1(C)C. The Morgan fingerprint density at radius 1 is 1.03 bits per heavy atom. The zero-order valence-electron chi connectivity index (χ0n) is 20.7. The number of ether oxygens (including phenoxy) is 2. The van der Waals surface area contributed by atoms with Gasteiger partial charge in [0.1, 0.15) is 5.75 Å². The highest BCUT2D eigenvalue weighted by Crippen LogP contribution is 2.54. The van der Waals surface area contributed by atoms with Crippen LogP contribution in [-0.2, 0) is 24.5 Å². The van der Waals surface area contributed by atoms with Crippen molar-refractivity contribution < 1.29 is 23.9 Å². The van der Waals surface area contributed by atoms with E-state index in [1.165, 1.54) is 6.92 Å². The average Bonchev–Trinajstić information content (AvgIpc) is 2.82. The number of rotatable bonds is 5. The third-order valence-electron chi connectivity index (χ3n) is 7.34. The molecule has 186 valence electrons. The minimum Gasteiger partial charge on any atom is -0.484 e. The summed E-state index contributed by atoms with van der Waals surface area (Å²) in [5, 5.41) is 0. The molecule has 2 unspecified atom stereocenters. The maximum absolute atomic E-state index is 12.9. The fraction of sp³-hybridized carbons (Fsp3) is 0.444. The van der Waals surface area contributed by atoms with Gasteiger partial charge in [-0.15, -0.1) is 0 Å². The third-order valence-corrected chi connectivity index (χ3v) is 7.34. The van der Waals surface area contributed by atoms with Crippen molar-refractivity contribution in [2.45, 2.75) is 38.6 Å². The molecule has 0 saturated carbocycles. The van der Waals surface area contributed by atoms with Crippen LogP contribution in [0, 0.1) is 5.92 Å². The van der Waals surface area contributed by atoms with E-state index in [4.69, 9.17) is 15.2 Å². The zero-order valence-corrected chi connectivity index (χ0v) is 20.7. The number of hydrogen-bond donors (Lipinski definition) is 1. The number of hydrogen-bond acceptors (Lipinski definition) is 5. The Hall–Kier alpha value is -3.39. The highest BCUT2D eigenvalue weighted by molar-refractivity contribution is 5.98. The Kier molecular flexibility index (Phi) is 6.60. The smallest absolute Gasteiger partial charge is 0.260 e. The summed E-state index contributed by atoms with van der Waals surface area (Å²) in [5.74, 6) is -0.837. The van der Waals surface area contributed by atoms with E-state index in [0.29, 0.717) is 32.1 Å². The van der Waals surface area contributed by atoms with E-state index < -0.39 is 22.8 Å². The van der Waals surface area contributed by atoms with Crippen LogP contribution in [0.2, 0.25) is 0 Å². The minimum atomic E-state index is -0.861. The first-order valence-corrected chi connectivity index (χ1v) is 11.9. The highest BCUT2D eigenvalue weighted by Gasteiger charge is 2.57. The number of amides is 3. The number of benzene rings is 2. The van der Waals surface area contributed by atoms with Gasteiger partial charge in [0.15, 0.2) is 6.61 Å². The van der Waals surface area contributed by atoms with Crippen molar-refractivity contribution in [3.63, 3.8) is 0 Å². The molecule has 0 aromatic heterocycles. The van der Waals surface area contributed by atoms with Gasteiger partial charge in [0.25, 0.3) is 5.91 Å². The summed E-state index contributed by atoms with van der Waals surface area (Å²) in [7, 11) is 0. The predicted molar refractivity (Wildman–Crippen MR) is 132 cm³/mol. The lowest BCUT2D eigenvalue weighted by Gasteiger charge is -2.55. The molecule has 2 atom stereocenters. The number of fused-ring (bicyclic) bond motifs is 1. The van der Waals surface area contributed by atoms with Gasteiger partial charge in [0.2, 0.25) is 11.8 Å². The first-order chi connectivity index (χ1) is 16.6. The minimum absolute atomic E-state index is 0.0516. The van der Waals surface area contributed by atoms with Crippen LogP contribution in [-0.4, -0.2) is 61.1 Å². The summed E-state index contributed by atoms with van der Waals surface area (Å²) < 4.78 is 11.0. The number of para-hydroxylation sites is 1. The molecule has 0 bridgehead atoms. The number of carbonyl (C=O) groups is 3. The van der Waals surface area contributed by atoms with Gasteiger partial charge in [0.05, 0.1) is 24.7 Å². The quantitative estimate of drug-likeness (QED) is 0.710. The summed E-state index contributed by atoms with van der Waals surface area (Å²) in [6, 6.07) is 15.1. The first-order valence-electron chi connectivity index (χ1n) is 11.9. The lowest BCUT2D eigenvalue weighted by molar-refractivity contribution is -0.137. The van der Waals surface area contributed by atoms with Gasteiger partial charge in [-0.1, -0.05) is 37.3 Å². The normalized spacial score (nSPS) is 23.4. The largest absolute Gasteiger partial charge is 0.484 e. The standard InChI is InChI=1S/C27H33N3O5/c1-18(31)30-22-8-6-5-7-21(22)27(4,24(25(28)33)26(30,2)3)19-9-11-20(12-10-19)35-17-23(32)29-13-15-34-16-14-29/h5-12,24H,13-17H2,1-4H3,(H2,28,33). The fourth-order valence-corrected chi connectivity index (χ4v) is 5.89. The topological polar surface area (TPSA) is 102 Å². The van der Waals surface area contributed by atoms with Crippen LogP contribution in [0.5, 0.6) is 5.75 Å². The number of nitrogens with two attached hydrogens (primary N) is 1. The number of anilines is 1. The van der Waals surface area contributed by atoms with Crippen LogP contribution < -0.4 is 15.4 Å². The van der Waals surface area contributed by atoms with Gasteiger partial charge < -0.3 is 25.0 Å². The van der Waals surface area contributed by atoms with Crippen LogP contribution in [0.4, 0.5) is 5.69 Å². The highest BCUT2D eigenvalue weighted by atomic mass is 16.5. The lowest BCUT2D eigenvalue weighted by Crippen LogP contribution is -2.65. The summed E-state index contributed by atoms with van der Waals surface area (Å²) in [5.41, 5.74) is 6.85. The van der Waals surface area contributed by atoms with Crippen LogP contribution in [0.3, 0.4) is 0 Å². The van der Waals surface area contributed by atoms with Crippen LogP contribution in [0.25, 0.3) is 0 Å². The molecule has 2 aliphatic rings. The molecule has 1 fully saturated rings. The second-order valence-corrected chi connectivity index (χ2v) is 9.87. The second kappa shape index (κ2) is 9.34. The molecule has 8 heteroatoms. The molecule has 2 aromatic carbocycles. The zero-order chi connectivity index (χ0) is 25.4.